The molecule has 7 rings (SSSR count). The molecule has 4 saturated carbocycles. The Balaban J connectivity index is 1.09. The van der Waals surface area contributed by atoms with Crippen LogP contribution in [0.4, 0.5) is 4.79 Å². The van der Waals surface area contributed by atoms with E-state index in [9.17, 15) is 9.90 Å². The average molecular weight is 744 g/mol. The lowest BCUT2D eigenvalue weighted by Gasteiger charge is -2.56. The summed E-state index contributed by atoms with van der Waals surface area (Å²) >= 11 is 0. The van der Waals surface area contributed by atoms with E-state index in [-0.39, 0.29) is 36.3 Å². The molecule has 0 aromatic heterocycles. The van der Waals surface area contributed by atoms with Crippen LogP contribution < -0.4 is 10.6 Å². The molecule has 2 amide bonds. The van der Waals surface area contributed by atoms with Crippen LogP contribution in [0, 0.1) is 23.7 Å². The first-order valence-corrected chi connectivity index (χ1v) is 22.2. The molecule has 0 unspecified atom stereocenters. The number of nitrogens with one attached hydrogen (secondary N) is 2. The van der Waals surface area contributed by atoms with Gasteiger partial charge in [0.25, 0.3) is 0 Å². The summed E-state index contributed by atoms with van der Waals surface area (Å²) in [4.78, 5) is 15.8. The van der Waals surface area contributed by atoms with Crippen LogP contribution in [0.25, 0.3) is 0 Å². The molecule has 54 heavy (non-hydrogen) atoms. The minimum Gasteiger partial charge on any atom is -0.392 e. The van der Waals surface area contributed by atoms with Gasteiger partial charge in [-0.1, -0.05) is 134 Å². The number of hydrogen-bond acceptors (Lipinski definition) is 5. The van der Waals surface area contributed by atoms with Crippen LogP contribution in [0.15, 0.2) is 48.5 Å². The second-order valence-corrected chi connectivity index (χ2v) is 17.9. The van der Waals surface area contributed by atoms with Crippen LogP contribution in [-0.4, -0.2) is 47.3 Å². The Morgan fingerprint density at radius 2 is 1.24 bits per heavy atom. The van der Waals surface area contributed by atoms with Crippen LogP contribution in [0.3, 0.4) is 0 Å². The van der Waals surface area contributed by atoms with E-state index in [4.69, 9.17) is 9.47 Å². The topological polar surface area (TPSA) is 83.1 Å². The molecule has 5 aliphatic rings. The Labute approximate surface area is 327 Å². The smallest absolute Gasteiger partial charge is 0.315 e. The third-order valence-corrected chi connectivity index (χ3v) is 13.3. The van der Waals surface area contributed by atoms with Crippen molar-refractivity contribution in [3.8, 4) is 0 Å². The number of hydrogen-bond donors (Lipinski definition) is 3. The molecule has 4 atom stereocenters. The van der Waals surface area contributed by atoms with E-state index in [1.165, 1.54) is 96.3 Å². The van der Waals surface area contributed by atoms with E-state index in [0.29, 0.717) is 6.54 Å². The van der Waals surface area contributed by atoms with Crippen molar-refractivity contribution in [2.75, 3.05) is 19.6 Å². The van der Waals surface area contributed by atoms with Gasteiger partial charge in [0.1, 0.15) is 0 Å². The van der Waals surface area contributed by atoms with E-state index in [0.717, 1.165) is 78.9 Å². The number of ether oxygens (including phenoxy) is 2. The Bertz CT molecular complexity index is 1350. The number of unbranched alkanes of at least 4 members (excludes halogenated alkanes) is 10. The molecule has 4 aliphatic carbocycles. The highest BCUT2D eigenvalue weighted by atomic mass is 16.7. The maximum atomic E-state index is 13.2. The number of rotatable bonds is 22. The fourth-order valence-corrected chi connectivity index (χ4v) is 10.6. The zero-order valence-electron chi connectivity index (χ0n) is 34.0. The van der Waals surface area contributed by atoms with Gasteiger partial charge in [0.2, 0.25) is 0 Å². The molecule has 2 aromatic rings. The Hall–Kier alpha value is -2.45. The Kier molecular flexibility index (Phi) is 15.7. The number of amides is 2. The van der Waals surface area contributed by atoms with E-state index in [1.807, 2.05) is 12.1 Å². The molecule has 5 fully saturated rings. The highest BCUT2D eigenvalue weighted by Gasteiger charge is 2.51. The van der Waals surface area contributed by atoms with Gasteiger partial charge in [-0.3, -0.25) is 0 Å². The fourth-order valence-electron chi connectivity index (χ4n) is 10.6. The summed E-state index contributed by atoms with van der Waals surface area (Å²) < 4.78 is 13.7. The Morgan fingerprint density at radius 3 is 1.80 bits per heavy atom. The van der Waals surface area contributed by atoms with Crippen molar-refractivity contribution in [3.63, 3.8) is 0 Å². The van der Waals surface area contributed by atoms with Crippen LogP contribution >= 0.6 is 0 Å². The lowest BCUT2D eigenvalue weighted by Crippen LogP contribution is -2.61. The second kappa shape index (κ2) is 20.6. The van der Waals surface area contributed by atoms with Gasteiger partial charge < -0.3 is 30.1 Å². The maximum Gasteiger partial charge on any atom is 0.315 e. The summed E-state index contributed by atoms with van der Waals surface area (Å²) in [6.07, 6.45) is 22.7. The number of aliphatic hydroxyl groups is 1. The number of nitrogens with zero attached hydrogens (tertiary/aromatic N) is 1. The van der Waals surface area contributed by atoms with Crippen LogP contribution in [0.1, 0.15) is 171 Å². The van der Waals surface area contributed by atoms with E-state index in [1.54, 1.807) is 0 Å². The van der Waals surface area contributed by atoms with Crippen LogP contribution in [0.5, 0.6) is 0 Å². The molecular weight excluding hydrogens is 671 g/mol. The van der Waals surface area contributed by atoms with Crippen LogP contribution in [-0.2, 0) is 22.6 Å². The van der Waals surface area contributed by atoms with Gasteiger partial charge in [-0.15, -0.1) is 0 Å². The third-order valence-electron chi connectivity index (χ3n) is 13.3. The lowest BCUT2D eigenvalue weighted by atomic mass is 9.53. The van der Waals surface area contributed by atoms with Gasteiger partial charge >= 0.3 is 6.03 Å². The highest BCUT2D eigenvalue weighted by Crippen LogP contribution is 2.55. The number of aliphatic hydroxyl groups excluding tert-OH is 1. The van der Waals surface area contributed by atoms with Gasteiger partial charge in [-0.25, -0.2) is 4.79 Å². The first kappa shape index (κ1) is 41.2. The molecule has 1 aliphatic heterocycles. The predicted molar refractivity (Wildman–Crippen MR) is 219 cm³/mol. The minimum atomic E-state index is -0.486. The summed E-state index contributed by atoms with van der Waals surface area (Å²) in [5, 5.41) is 16.3. The third kappa shape index (κ3) is 11.6. The minimum absolute atomic E-state index is 0.0137. The van der Waals surface area contributed by atoms with Crippen molar-refractivity contribution in [1.29, 1.82) is 0 Å². The van der Waals surface area contributed by atoms with Crippen molar-refractivity contribution in [3.05, 3.63) is 70.8 Å². The summed E-state index contributed by atoms with van der Waals surface area (Å²) in [7, 11) is 0. The quantitative estimate of drug-likeness (QED) is 0.105. The van der Waals surface area contributed by atoms with Gasteiger partial charge in [0, 0.05) is 30.1 Å². The standard InChI is InChI=1S/C47H73N3O4/c1-4-6-8-10-12-14-24-50(25-15-13-11-9-7-5-2)33-43-35(3)44(41-20-18-37(34-51)19-21-41)54-45(53-43)42-22-16-36(17-23-42)32-48-46(52)49-47-29-38-26-39(30-47)28-40(27-38)31-47/h16-23,35,38-40,43-45,51H,4-15,24-34H2,1-3H3,(H2,48,49,52)/t35-,38?,39?,40?,43+,44+,45+,47?/m1/s1. The molecule has 2 aromatic carbocycles. The number of carbonyl (C=O) groups excluding carboxylic acids is 1. The molecule has 3 N–H and O–H groups in total. The molecule has 0 spiro atoms. The summed E-state index contributed by atoms with van der Waals surface area (Å²) in [6.45, 7) is 10.5. The number of urea groups is 1. The first-order chi connectivity index (χ1) is 26.4. The summed E-state index contributed by atoms with van der Waals surface area (Å²) in [5.74, 6) is 2.58. The van der Waals surface area contributed by atoms with Crippen LogP contribution in [0.2, 0.25) is 0 Å². The number of carbonyl (C=O) groups is 1. The van der Waals surface area contributed by atoms with E-state index < -0.39 is 6.29 Å². The lowest BCUT2D eigenvalue weighted by molar-refractivity contribution is -0.276. The maximum absolute atomic E-state index is 13.2. The summed E-state index contributed by atoms with van der Waals surface area (Å²) in [5.41, 5.74) is 4.12. The van der Waals surface area contributed by atoms with Crippen molar-refractivity contribution in [1.82, 2.24) is 15.5 Å². The Morgan fingerprint density at radius 1 is 0.722 bits per heavy atom. The van der Waals surface area contributed by atoms with Crippen molar-refractivity contribution in [2.24, 2.45) is 23.7 Å². The molecule has 1 heterocycles. The normalized spacial score (nSPS) is 28.8. The van der Waals surface area contributed by atoms with Gasteiger partial charge in [-0.05, 0) is 98.9 Å². The summed E-state index contributed by atoms with van der Waals surface area (Å²) in [6, 6.07) is 16.6. The van der Waals surface area contributed by atoms with E-state index >= 15 is 0 Å². The van der Waals surface area contributed by atoms with E-state index in [2.05, 4.69) is 72.7 Å². The molecule has 7 heteroatoms. The second-order valence-electron chi connectivity index (χ2n) is 17.9. The van der Waals surface area contributed by atoms with Crippen molar-refractivity contribution in [2.45, 2.75) is 174 Å². The van der Waals surface area contributed by atoms with Crippen molar-refractivity contribution < 1.29 is 19.4 Å². The monoisotopic (exact) mass is 744 g/mol. The largest absolute Gasteiger partial charge is 0.392 e. The molecule has 0 radical (unpaired) electrons. The SMILES string of the molecule is CCCCCCCCN(CCCCCCCC)C[C@@H]1O[C@H](c2ccc(CNC(=O)NC34CC5CC(CC(C5)C3)C4)cc2)O[C@H](c2ccc(CO)cc2)[C@@H]1C. The molecule has 4 bridgehead atoms. The predicted octanol–water partition coefficient (Wildman–Crippen LogP) is 10.8. The van der Waals surface area contributed by atoms with Gasteiger partial charge in [0.15, 0.2) is 6.29 Å². The molecular formula is C47H73N3O4. The van der Waals surface area contributed by atoms with Gasteiger partial charge in [-0.2, -0.15) is 0 Å². The highest BCUT2D eigenvalue weighted by molar-refractivity contribution is 5.75. The zero-order valence-corrected chi connectivity index (χ0v) is 34.0. The molecule has 7 nitrogen and oxygen atoms in total. The van der Waals surface area contributed by atoms with Gasteiger partial charge in [0.05, 0.1) is 18.8 Å². The zero-order chi connectivity index (χ0) is 37.8. The number of benzene rings is 2. The molecule has 1 saturated heterocycles. The fraction of sp³-hybridized carbons (Fsp3) is 0.723. The van der Waals surface area contributed by atoms with Crippen molar-refractivity contribution >= 4 is 6.03 Å². The first-order valence-electron chi connectivity index (χ1n) is 22.2. The average Bonchev–Trinajstić information content (AvgIpc) is 3.17. The molecule has 300 valence electrons.